The number of fused-ring (bicyclic) bond motifs is 1. The first kappa shape index (κ1) is 11.1. The van der Waals surface area contributed by atoms with Gasteiger partial charge in [-0.15, -0.1) is 0 Å². The molecule has 7 heteroatoms. The van der Waals surface area contributed by atoms with Crippen LogP contribution in [0.5, 0.6) is 0 Å². The van der Waals surface area contributed by atoms with Crippen LogP contribution in [-0.2, 0) is 9.05 Å². The number of aromatic amines is 1. The van der Waals surface area contributed by atoms with Crippen LogP contribution in [-0.4, -0.2) is 13.4 Å². The summed E-state index contributed by atoms with van der Waals surface area (Å²) in [6.07, 6.45) is 1.29. The van der Waals surface area contributed by atoms with Crippen molar-refractivity contribution in [3.8, 4) is 0 Å². The molecule has 0 spiro atoms. The van der Waals surface area contributed by atoms with Gasteiger partial charge in [-0.3, -0.25) is 0 Å². The van der Waals surface area contributed by atoms with Crippen LogP contribution in [0.4, 0.5) is 0 Å². The number of halogens is 3. The Kier molecular flexibility index (Phi) is 2.63. The quantitative estimate of drug-likeness (QED) is 0.816. The summed E-state index contributed by atoms with van der Waals surface area (Å²) in [5, 5.41) is 1.03. The van der Waals surface area contributed by atoms with Gasteiger partial charge >= 0.3 is 0 Å². The van der Waals surface area contributed by atoms with Gasteiger partial charge in [0.05, 0.1) is 5.02 Å². The Labute approximate surface area is 100 Å². The molecule has 0 amide bonds. The van der Waals surface area contributed by atoms with Crippen LogP contribution in [0.25, 0.3) is 10.9 Å². The summed E-state index contributed by atoms with van der Waals surface area (Å²) in [4.78, 5) is 2.70. The molecular formula is C8H4Cl3NO2S. The van der Waals surface area contributed by atoms with Gasteiger partial charge < -0.3 is 4.98 Å². The molecule has 1 aromatic carbocycles. The lowest BCUT2D eigenvalue weighted by molar-refractivity contribution is 0.610. The molecule has 1 heterocycles. The number of aromatic nitrogens is 1. The second-order valence-electron chi connectivity index (χ2n) is 2.90. The molecule has 3 nitrogen and oxygen atoms in total. The van der Waals surface area contributed by atoms with Crippen molar-refractivity contribution in [1.29, 1.82) is 0 Å². The molecule has 0 saturated heterocycles. The second-order valence-corrected chi connectivity index (χ2v) is 6.28. The Morgan fingerprint density at radius 2 is 1.87 bits per heavy atom. The highest BCUT2D eigenvalue weighted by Gasteiger charge is 2.18. The normalized spacial score (nSPS) is 12.2. The van der Waals surface area contributed by atoms with Crippen molar-refractivity contribution in [3.63, 3.8) is 0 Å². The summed E-state index contributed by atoms with van der Waals surface area (Å²) >= 11 is 11.6. The fourth-order valence-corrected chi connectivity index (χ4v) is 3.03. The zero-order chi connectivity index (χ0) is 11.2. The number of hydrogen-bond acceptors (Lipinski definition) is 2. The minimum atomic E-state index is -3.81. The number of benzene rings is 1. The molecule has 1 N–H and O–H groups in total. The van der Waals surface area contributed by atoms with Gasteiger partial charge in [0.1, 0.15) is 4.90 Å². The Hall–Kier alpha value is -0.420. The average molecular weight is 285 g/mol. The molecule has 0 atom stereocenters. The lowest BCUT2D eigenvalue weighted by Gasteiger charge is -1.98. The smallest absolute Gasteiger partial charge is 0.263 e. The van der Waals surface area contributed by atoms with Crippen molar-refractivity contribution >= 4 is 53.8 Å². The molecule has 0 fully saturated rings. The molecule has 2 aromatic rings. The standard InChI is InChI=1S/C8H4Cl3NO2S/c9-4-1-5(10)8-6(2-4)12-3-7(8)15(11,13)14/h1-3,12H. The fourth-order valence-electron chi connectivity index (χ4n) is 1.35. The molecule has 0 radical (unpaired) electrons. The van der Waals surface area contributed by atoms with E-state index in [-0.39, 0.29) is 9.92 Å². The molecule has 1 aromatic heterocycles. The van der Waals surface area contributed by atoms with Crippen LogP contribution in [0.15, 0.2) is 23.2 Å². The summed E-state index contributed by atoms with van der Waals surface area (Å²) in [6, 6.07) is 3.04. The molecule has 0 bridgehead atoms. The summed E-state index contributed by atoms with van der Waals surface area (Å²) in [7, 11) is 1.44. The van der Waals surface area contributed by atoms with Crippen molar-refractivity contribution in [3.05, 3.63) is 28.4 Å². The Morgan fingerprint density at radius 3 is 2.47 bits per heavy atom. The largest absolute Gasteiger partial charge is 0.360 e. The molecule has 0 aliphatic carbocycles. The van der Waals surface area contributed by atoms with E-state index in [0.717, 1.165) is 0 Å². The van der Waals surface area contributed by atoms with Gasteiger partial charge in [0.25, 0.3) is 9.05 Å². The first-order chi connectivity index (χ1) is 6.89. The zero-order valence-electron chi connectivity index (χ0n) is 7.09. The molecule has 0 unspecified atom stereocenters. The Morgan fingerprint density at radius 1 is 1.20 bits per heavy atom. The molecule has 0 aliphatic heterocycles. The molecule has 15 heavy (non-hydrogen) atoms. The third kappa shape index (κ3) is 1.95. The van der Waals surface area contributed by atoms with E-state index in [2.05, 4.69) is 4.98 Å². The summed E-state index contributed by atoms with van der Waals surface area (Å²) in [5.74, 6) is 0. The summed E-state index contributed by atoms with van der Waals surface area (Å²) in [5.41, 5.74) is 0.534. The number of H-pyrrole nitrogens is 1. The van der Waals surface area contributed by atoms with Gasteiger partial charge in [0, 0.05) is 32.8 Å². The average Bonchev–Trinajstić information content (AvgIpc) is 2.45. The minimum absolute atomic E-state index is 0.0409. The van der Waals surface area contributed by atoms with E-state index in [1.165, 1.54) is 12.3 Å². The predicted octanol–water partition coefficient (Wildman–Crippen LogP) is 3.40. The number of hydrogen-bond donors (Lipinski definition) is 1. The van der Waals surface area contributed by atoms with Gasteiger partial charge in [-0.25, -0.2) is 8.42 Å². The first-order valence-corrected chi connectivity index (χ1v) is 6.87. The van der Waals surface area contributed by atoms with Crippen LogP contribution in [0.1, 0.15) is 0 Å². The van der Waals surface area contributed by atoms with Crippen molar-refractivity contribution in [2.24, 2.45) is 0 Å². The van der Waals surface area contributed by atoms with E-state index in [9.17, 15) is 8.42 Å². The fraction of sp³-hybridized carbons (Fsp3) is 0. The number of nitrogens with one attached hydrogen (secondary N) is 1. The minimum Gasteiger partial charge on any atom is -0.360 e. The lowest BCUT2D eigenvalue weighted by atomic mass is 10.2. The maximum absolute atomic E-state index is 11.2. The van der Waals surface area contributed by atoms with Crippen molar-refractivity contribution in [1.82, 2.24) is 4.98 Å². The van der Waals surface area contributed by atoms with E-state index in [1.54, 1.807) is 6.07 Å². The van der Waals surface area contributed by atoms with E-state index in [0.29, 0.717) is 15.9 Å². The highest BCUT2D eigenvalue weighted by atomic mass is 35.7. The zero-order valence-corrected chi connectivity index (χ0v) is 10.2. The maximum Gasteiger partial charge on any atom is 0.263 e. The highest BCUT2D eigenvalue weighted by molar-refractivity contribution is 8.14. The van der Waals surface area contributed by atoms with Gasteiger partial charge in [-0.05, 0) is 12.1 Å². The third-order valence-corrected chi connectivity index (χ3v) is 3.79. The third-order valence-electron chi connectivity index (χ3n) is 1.92. The van der Waals surface area contributed by atoms with Crippen LogP contribution in [0.3, 0.4) is 0 Å². The van der Waals surface area contributed by atoms with Crippen molar-refractivity contribution < 1.29 is 8.42 Å². The van der Waals surface area contributed by atoms with E-state index >= 15 is 0 Å². The van der Waals surface area contributed by atoms with Crippen LogP contribution in [0, 0.1) is 0 Å². The van der Waals surface area contributed by atoms with E-state index in [4.69, 9.17) is 33.9 Å². The second kappa shape index (κ2) is 3.56. The van der Waals surface area contributed by atoms with E-state index in [1.807, 2.05) is 0 Å². The molecular weight excluding hydrogens is 281 g/mol. The van der Waals surface area contributed by atoms with Crippen LogP contribution >= 0.6 is 33.9 Å². The number of rotatable bonds is 1. The van der Waals surface area contributed by atoms with Crippen LogP contribution in [0.2, 0.25) is 10.0 Å². The summed E-state index contributed by atoms with van der Waals surface area (Å²) < 4.78 is 22.4. The molecule has 2 rings (SSSR count). The Bertz CT molecular complexity index is 633. The molecule has 0 saturated carbocycles. The van der Waals surface area contributed by atoms with Crippen LogP contribution < -0.4 is 0 Å². The van der Waals surface area contributed by atoms with Gasteiger partial charge in [0.2, 0.25) is 0 Å². The monoisotopic (exact) mass is 283 g/mol. The molecule has 80 valence electrons. The highest BCUT2D eigenvalue weighted by Crippen LogP contribution is 2.33. The van der Waals surface area contributed by atoms with Gasteiger partial charge in [-0.1, -0.05) is 23.2 Å². The predicted molar refractivity (Wildman–Crippen MR) is 61.4 cm³/mol. The SMILES string of the molecule is O=S(=O)(Cl)c1c[nH]c2cc(Cl)cc(Cl)c12. The van der Waals surface area contributed by atoms with E-state index < -0.39 is 9.05 Å². The van der Waals surface area contributed by atoms with Crippen molar-refractivity contribution in [2.75, 3.05) is 0 Å². The summed E-state index contributed by atoms with van der Waals surface area (Å²) in [6.45, 7) is 0. The topological polar surface area (TPSA) is 49.9 Å². The van der Waals surface area contributed by atoms with Gasteiger partial charge in [-0.2, -0.15) is 0 Å². The van der Waals surface area contributed by atoms with Gasteiger partial charge in [0.15, 0.2) is 0 Å². The molecule has 0 aliphatic rings. The lowest BCUT2D eigenvalue weighted by Crippen LogP contribution is -1.88. The maximum atomic E-state index is 11.2. The Balaban J connectivity index is 2.93. The first-order valence-electron chi connectivity index (χ1n) is 3.80. The van der Waals surface area contributed by atoms with Crippen molar-refractivity contribution in [2.45, 2.75) is 4.90 Å².